The van der Waals surface area contributed by atoms with Gasteiger partial charge in [0, 0.05) is 17.5 Å². The Kier molecular flexibility index (Phi) is 3.71. The maximum atomic E-state index is 5.86. The van der Waals surface area contributed by atoms with Gasteiger partial charge in [-0.25, -0.2) is 0 Å². The molecule has 0 aliphatic rings. The average Bonchev–Trinajstić information content (AvgIpc) is 2.73. The second kappa shape index (κ2) is 5.25. The summed E-state index contributed by atoms with van der Waals surface area (Å²) >= 11 is 5.86. The molecule has 1 aromatic heterocycles. The number of nitrogens with one attached hydrogen (secondary N) is 1. The SMILES string of the molecule is CNC(Cc1nnn(C)n1)c1ccc(Cl)cc1. The van der Waals surface area contributed by atoms with Gasteiger partial charge in [-0.1, -0.05) is 23.7 Å². The quantitative estimate of drug-likeness (QED) is 0.892. The Bertz CT molecular complexity index is 479. The van der Waals surface area contributed by atoms with Crippen molar-refractivity contribution >= 4 is 11.6 Å². The first kappa shape index (κ1) is 12.0. The summed E-state index contributed by atoms with van der Waals surface area (Å²) in [6.45, 7) is 0. The number of hydrogen-bond acceptors (Lipinski definition) is 4. The zero-order valence-corrected chi connectivity index (χ0v) is 10.5. The Hall–Kier alpha value is -1.46. The molecule has 2 rings (SSSR count). The maximum absolute atomic E-state index is 5.86. The van der Waals surface area contributed by atoms with E-state index in [0.29, 0.717) is 6.42 Å². The van der Waals surface area contributed by atoms with E-state index >= 15 is 0 Å². The molecule has 17 heavy (non-hydrogen) atoms. The van der Waals surface area contributed by atoms with Gasteiger partial charge in [0.25, 0.3) is 0 Å². The van der Waals surface area contributed by atoms with Gasteiger partial charge in [0.2, 0.25) is 0 Å². The van der Waals surface area contributed by atoms with Gasteiger partial charge in [-0.2, -0.15) is 4.80 Å². The molecule has 0 fully saturated rings. The van der Waals surface area contributed by atoms with Crippen molar-refractivity contribution in [2.24, 2.45) is 7.05 Å². The molecule has 1 atom stereocenters. The molecular weight excluding hydrogens is 238 g/mol. The van der Waals surface area contributed by atoms with E-state index < -0.39 is 0 Å². The van der Waals surface area contributed by atoms with Gasteiger partial charge in [-0.05, 0) is 30.0 Å². The highest BCUT2D eigenvalue weighted by Gasteiger charge is 2.13. The van der Waals surface area contributed by atoms with E-state index in [1.807, 2.05) is 31.3 Å². The smallest absolute Gasteiger partial charge is 0.176 e. The summed E-state index contributed by atoms with van der Waals surface area (Å²) in [5.74, 6) is 0.724. The molecule has 90 valence electrons. The number of benzene rings is 1. The number of aromatic nitrogens is 4. The molecule has 0 saturated carbocycles. The Morgan fingerprint density at radius 3 is 2.59 bits per heavy atom. The number of likely N-dealkylation sites (N-methyl/N-ethyl adjacent to an activating group) is 1. The van der Waals surface area contributed by atoms with Gasteiger partial charge in [0.15, 0.2) is 5.82 Å². The third-order valence-electron chi connectivity index (χ3n) is 2.56. The normalized spacial score (nSPS) is 12.6. The third kappa shape index (κ3) is 3.01. The highest BCUT2D eigenvalue weighted by molar-refractivity contribution is 6.30. The van der Waals surface area contributed by atoms with E-state index in [9.17, 15) is 0 Å². The molecular formula is C11H14ClN5. The van der Waals surface area contributed by atoms with Crippen LogP contribution < -0.4 is 5.32 Å². The minimum absolute atomic E-state index is 0.163. The molecule has 1 heterocycles. The van der Waals surface area contributed by atoms with Crippen LogP contribution >= 0.6 is 11.6 Å². The lowest BCUT2D eigenvalue weighted by Gasteiger charge is -2.14. The lowest BCUT2D eigenvalue weighted by atomic mass is 10.0. The highest BCUT2D eigenvalue weighted by Crippen LogP contribution is 2.18. The van der Waals surface area contributed by atoms with Crippen molar-refractivity contribution in [3.8, 4) is 0 Å². The van der Waals surface area contributed by atoms with Crippen LogP contribution in [0.3, 0.4) is 0 Å². The Balaban J connectivity index is 2.13. The molecule has 1 unspecified atom stereocenters. The number of tetrazole rings is 1. The summed E-state index contributed by atoms with van der Waals surface area (Å²) in [6, 6.07) is 7.92. The molecule has 0 saturated heterocycles. The molecule has 5 nitrogen and oxygen atoms in total. The van der Waals surface area contributed by atoms with Crippen LogP contribution in [0.15, 0.2) is 24.3 Å². The fourth-order valence-corrected chi connectivity index (χ4v) is 1.80. The summed E-state index contributed by atoms with van der Waals surface area (Å²) in [5.41, 5.74) is 1.16. The van der Waals surface area contributed by atoms with Crippen molar-refractivity contribution in [2.45, 2.75) is 12.5 Å². The summed E-state index contributed by atoms with van der Waals surface area (Å²) in [4.78, 5) is 1.46. The monoisotopic (exact) mass is 251 g/mol. The Morgan fingerprint density at radius 2 is 2.06 bits per heavy atom. The number of aryl methyl sites for hydroxylation is 1. The third-order valence-corrected chi connectivity index (χ3v) is 2.81. The molecule has 0 amide bonds. The van der Waals surface area contributed by atoms with Gasteiger partial charge in [0.05, 0.1) is 7.05 Å². The highest BCUT2D eigenvalue weighted by atomic mass is 35.5. The first-order valence-corrected chi connectivity index (χ1v) is 5.72. The maximum Gasteiger partial charge on any atom is 0.176 e. The second-order valence-corrected chi connectivity index (χ2v) is 4.23. The van der Waals surface area contributed by atoms with Gasteiger partial charge in [-0.15, -0.1) is 10.2 Å². The van der Waals surface area contributed by atoms with Crippen LogP contribution in [-0.4, -0.2) is 27.3 Å². The first-order valence-electron chi connectivity index (χ1n) is 5.34. The van der Waals surface area contributed by atoms with Crippen molar-refractivity contribution < 1.29 is 0 Å². The largest absolute Gasteiger partial charge is 0.313 e. The zero-order valence-electron chi connectivity index (χ0n) is 9.76. The van der Waals surface area contributed by atoms with Crippen molar-refractivity contribution in [1.29, 1.82) is 0 Å². The van der Waals surface area contributed by atoms with Gasteiger partial charge in [0.1, 0.15) is 0 Å². The molecule has 6 heteroatoms. The van der Waals surface area contributed by atoms with Gasteiger partial charge < -0.3 is 5.32 Å². The lowest BCUT2D eigenvalue weighted by molar-refractivity contribution is 0.570. The van der Waals surface area contributed by atoms with Crippen molar-refractivity contribution in [2.75, 3.05) is 7.05 Å². The predicted octanol–water partition coefficient (Wildman–Crippen LogP) is 1.37. The van der Waals surface area contributed by atoms with Crippen LogP contribution in [-0.2, 0) is 13.5 Å². The van der Waals surface area contributed by atoms with Crippen LogP contribution in [0.4, 0.5) is 0 Å². The molecule has 0 aliphatic heterocycles. The fourth-order valence-electron chi connectivity index (χ4n) is 1.67. The molecule has 0 spiro atoms. The summed E-state index contributed by atoms with van der Waals surface area (Å²) < 4.78 is 0. The minimum Gasteiger partial charge on any atom is -0.313 e. The molecule has 0 bridgehead atoms. The van der Waals surface area contributed by atoms with Crippen molar-refractivity contribution in [3.05, 3.63) is 40.7 Å². The fraction of sp³-hybridized carbons (Fsp3) is 0.364. The minimum atomic E-state index is 0.163. The van der Waals surface area contributed by atoms with E-state index in [-0.39, 0.29) is 6.04 Å². The molecule has 1 N–H and O–H groups in total. The number of hydrogen-bond donors (Lipinski definition) is 1. The van der Waals surface area contributed by atoms with Crippen LogP contribution in [0, 0.1) is 0 Å². The number of rotatable bonds is 4. The van der Waals surface area contributed by atoms with Crippen LogP contribution in [0.2, 0.25) is 5.02 Å². The predicted molar refractivity (Wildman–Crippen MR) is 65.8 cm³/mol. The first-order chi connectivity index (χ1) is 8.19. The molecule has 2 aromatic rings. The zero-order chi connectivity index (χ0) is 12.3. The summed E-state index contributed by atoms with van der Waals surface area (Å²) in [5, 5.41) is 15.9. The van der Waals surface area contributed by atoms with E-state index in [2.05, 4.69) is 20.7 Å². The van der Waals surface area contributed by atoms with E-state index in [4.69, 9.17) is 11.6 Å². The number of halogens is 1. The van der Waals surface area contributed by atoms with Crippen molar-refractivity contribution in [1.82, 2.24) is 25.5 Å². The van der Waals surface area contributed by atoms with Crippen LogP contribution in [0.5, 0.6) is 0 Å². The molecule has 0 aliphatic carbocycles. The lowest BCUT2D eigenvalue weighted by Crippen LogP contribution is -2.19. The second-order valence-electron chi connectivity index (χ2n) is 3.79. The standard InChI is InChI=1S/C11H14ClN5/c1-13-10(7-11-14-16-17(2)15-11)8-3-5-9(12)6-4-8/h3-6,10,13H,7H2,1-2H3. The van der Waals surface area contributed by atoms with Gasteiger partial charge in [-0.3, -0.25) is 0 Å². The van der Waals surface area contributed by atoms with Crippen LogP contribution in [0.25, 0.3) is 0 Å². The number of nitrogens with zero attached hydrogens (tertiary/aromatic N) is 4. The summed E-state index contributed by atoms with van der Waals surface area (Å²) in [6.07, 6.45) is 0.700. The van der Waals surface area contributed by atoms with E-state index in [1.54, 1.807) is 7.05 Å². The van der Waals surface area contributed by atoms with E-state index in [0.717, 1.165) is 16.4 Å². The van der Waals surface area contributed by atoms with Crippen LogP contribution in [0.1, 0.15) is 17.4 Å². The Labute approximate surface area is 105 Å². The van der Waals surface area contributed by atoms with Crippen molar-refractivity contribution in [3.63, 3.8) is 0 Å². The Morgan fingerprint density at radius 1 is 1.35 bits per heavy atom. The molecule has 1 aromatic carbocycles. The average molecular weight is 252 g/mol. The summed E-state index contributed by atoms with van der Waals surface area (Å²) in [7, 11) is 3.67. The van der Waals surface area contributed by atoms with Gasteiger partial charge >= 0.3 is 0 Å². The topological polar surface area (TPSA) is 55.6 Å². The van der Waals surface area contributed by atoms with E-state index in [1.165, 1.54) is 4.80 Å². The molecule has 0 radical (unpaired) electrons.